The van der Waals surface area contributed by atoms with E-state index in [1.54, 1.807) is 26.1 Å². The lowest BCUT2D eigenvalue weighted by atomic mass is 10.3. The molecule has 9 heteroatoms. The molecule has 0 atom stereocenters. The molecule has 1 heterocycles. The van der Waals surface area contributed by atoms with E-state index < -0.39 is 12.7 Å². The lowest BCUT2D eigenvalue weighted by Crippen LogP contribution is -2.41. The first-order valence-corrected chi connectivity index (χ1v) is 8.00. The highest BCUT2D eigenvalue weighted by Crippen LogP contribution is 2.16. The Morgan fingerprint density at radius 1 is 1.32 bits per heavy atom. The topological polar surface area (TPSA) is 61.4 Å². The van der Waals surface area contributed by atoms with Crippen molar-refractivity contribution in [1.29, 1.82) is 0 Å². The first-order valence-electron chi connectivity index (χ1n) is 8.00. The number of allylic oxidation sites excluding steroid dienone is 1. The van der Waals surface area contributed by atoms with Gasteiger partial charge in [0.15, 0.2) is 0 Å². The van der Waals surface area contributed by atoms with Crippen molar-refractivity contribution in [3.63, 3.8) is 0 Å². The maximum absolute atomic E-state index is 12.6. The standard InChI is InChI=1S/C16H24F3N5O/c1-4-8-24(11-16(17,18)19)10-9-23(3)15(25)13(5-2)22-14-6-7-20-12-21-14/h5-7,12H,4,8-11H2,1-3H3,(H,20,21,22)/b13-5+. The van der Waals surface area contributed by atoms with Crippen molar-refractivity contribution in [2.45, 2.75) is 26.4 Å². The van der Waals surface area contributed by atoms with Gasteiger partial charge in [-0.05, 0) is 26.0 Å². The van der Waals surface area contributed by atoms with Gasteiger partial charge in [-0.1, -0.05) is 13.0 Å². The molecule has 0 aliphatic heterocycles. The Hall–Kier alpha value is -2.16. The summed E-state index contributed by atoms with van der Waals surface area (Å²) in [5.41, 5.74) is 0.305. The zero-order valence-electron chi connectivity index (χ0n) is 14.7. The molecule has 25 heavy (non-hydrogen) atoms. The molecule has 0 unspecified atom stereocenters. The van der Waals surface area contributed by atoms with E-state index in [2.05, 4.69) is 15.3 Å². The predicted octanol–water partition coefficient (Wildman–Crippen LogP) is 2.53. The third-order valence-electron chi connectivity index (χ3n) is 3.40. The van der Waals surface area contributed by atoms with Gasteiger partial charge < -0.3 is 10.2 Å². The Labute approximate surface area is 145 Å². The molecule has 0 fully saturated rings. The number of alkyl halides is 3. The molecule has 0 aromatic carbocycles. The van der Waals surface area contributed by atoms with E-state index in [1.165, 1.54) is 22.3 Å². The molecular weight excluding hydrogens is 335 g/mol. The van der Waals surface area contributed by atoms with E-state index in [1.807, 2.05) is 6.92 Å². The van der Waals surface area contributed by atoms with E-state index in [9.17, 15) is 18.0 Å². The van der Waals surface area contributed by atoms with Crippen molar-refractivity contribution in [3.8, 4) is 0 Å². The summed E-state index contributed by atoms with van der Waals surface area (Å²) in [5.74, 6) is 0.152. The number of amides is 1. The van der Waals surface area contributed by atoms with Crippen molar-refractivity contribution in [3.05, 3.63) is 30.4 Å². The van der Waals surface area contributed by atoms with E-state index in [4.69, 9.17) is 0 Å². The summed E-state index contributed by atoms with van der Waals surface area (Å²) in [5, 5.41) is 2.89. The third-order valence-corrected chi connectivity index (χ3v) is 3.40. The van der Waals surface area contributed by atoms with Crippen LogP contribution in [0.5, 0.6) is 0 Å². The Morgan fingerprint density at radius 3 is 2.56 bits per heavy atom. The van der Waals surface area contributed by atoms with Gasteiger partial charge in [0.05, 0.1) is 6.54 Å². The van der Waals surface area contributed by atoms with E-state index >= 15 is 0 Å². The van der Waals surface area contributed by atoms with Crippen molar-refractivity contribution in [1.82, 2.24) is 19.8 Å². The summed E-state index contributed by atoms with van der Waals surface area (Å²) < 4.78 is 37.8. The van der Waals surface area contributed by atoms with Crippen molar-refractivity contribution in [2.75, 3.05) is 38.5 Å². The zero-order valence-corrected chi connectivity index (χ0v) is 14.7. The van der Waals surface area contributed by atoms with Gasteiger partial charge in [0.2, 0.25) is 0 Å². The lowest BCUT2D eigenvalue weighted by molar-refractivity contribution is -0.146. The Balaban J connectivity index is 2.61. The first-order chi connectivity index (χ1) is 11.8. The van der Waals surface area contributed by atoms with Gasteiger partial charge in [-0.2, -0.15) is 13.2 Å². The highest BCUT2D eigenvalue weighted by atomic mass is 19.4. The molecule has 0 spiro atoms. The van der Waals surface area contributed by atoms with Gasteiger partial charge in [-0.25, -0.2) is 9.97 Å². The fourth-order valence-corrected chi connectivity index (χ4v) is 2.19. The van der Waals surface area contributed by atoms with E-state index in [-0.39, 0.29) is 19.0 Å². The van der Waals surface area contributed by atoms with Gasteiger partial charge in [-0.3, -0.25) is 9.69 Å². The molecule has 1 aromatic rings. The van der Waals surface area contributed by atoms with Crippen molar-refractivity contribution < 1.29 is 18.0 Å². The van der Waals surface area contributed by atoms with E-state index in [0.717, 1.165) is 0 Å². The van der Waals surface area contributed by atoms with Crippen LogP contribution in [0, 0.1) is 0 Å². The largest absolute Gasteiger partial charge is 0.401 e. The second-order valence-corrected chi connectivity index (χ2v) is 5.54. The number of carbonyl (C=O) groups is 1. The van der Waals surface area contributed by atoms with Crippen LogP contribution in [-0.4, -0.2) is 65.1 Å². The highest BCUT2D eigenvalue weighted by Gasteiger charge is 2.30. The number of aromatic nitrogens is 2. The maximum atomic E-state index is 12.6. The minimum Gasteiger partial charge on any atom is -0.339 e. The van der Waals surface area contributed by atoms with Crippen molar-refractivity contribution in [2.24, 2.45) is 0 Å². The highest BCUT2D eigenvalue weighted by molar-refractivity contribution is 5.95. The van der Waals surface area contributed by atoms with Crippen LogP contribution in [0.3, 0.4) is 0 Å². The normalized spacial score (nSPS) is 12.4. The number of nitrogens with zero attached hydrogens (tertiary/aromatic N) is 4. The molecule has 0 radical (unpaired) electrons. The van der Waals surface area contributed by atoms with Crippen LogP contribution in [-0.2, 0) is 4.79 Å². The molecule has 0 saturated heterocycles. The Kier molecular flexibility index (Phi) is 8.33. The van der Waals surface area contributed by atoms with Crippen LogP contribution in [0.2, 0.25) is 0 Å². The average Bonchev–Trinajstić information content (AvgIpc) is 2.56. The lowest BCUT2D eigenvalue weighted by Gasteiger charge is -2.26. The first kappa shape index (κ1) is 20.9. The molecule has 1 rings (SSSR count). The van der Waals surface area contributed by atoms with Crippen molar-refractivity contribution >= 4 is 11.7 Å². The molecule has 1 amide bonds. The summed E-state index contributed by atoms with van der Waals surface area (Å²) >= 11 is 0. The van der Waals surface area contributed by atoms with Crippen LogP contribution in [0.1, 0.15) is 20.3 Å². The smallest absolute Gasteiger partial charge is 0.339 e. The molecule has 1 N–H and O–H groups in total. The molecule has 0 bridgehead atoms. The summed E-state index contributed by atoms with van der Waals surface area (Å²) in [6, 6.07) is 1.61. The number of halogens is 3. The quantitative estimate of drug-likeness (QED) is 0.687. The Morgan fingerprint density at radius 2 is 2.04 bits per heavy atom. The number of hydrogen-bond acceptors (Lipinski definition) is 5. The van der Waals surface area contributed by atoms with Gasteiger partial charge in [0, 0.05) is 26.3 Å². The fourth-order valence-electron chi connectivity index (χ4n) is 2.19. The number of carbonyl (C=O) groups excluding carboxylic acids is 1. The van der Waals surface area contributed by atoms with E-state index in [0.29, 0.717) is 24.5 Å². The molecule has 1 aromatic heterocycles. The van der Waals surface area contributed by atoms with Gasteiger partial charge in [0.1, 0.15) is 17.8 Å². The number of nitrogens with one attached hydrogen (secondary N) is 1. The van der Waals surface area contributed by atoms with Crippen LogP contribution in [0.15, 0.2) is 30.4 Å². The minimum atomic E-state index is -4.25. The summed E-state index contributed by atoms with van der Waals surface area (Å²) in [4.78, 5) is 22.9. The summed E-state index contributed by atoms with van der Waals surface area (Å²) in [6.45, 7) is 3.22. The summed E-state index contributed by atoms with van der Waals surface area (Å²) in [7, 11) is 1.56. The summed E-state index contributed by atoms with van der Waals surface area (Å²) in [6.07, 6.45) is 0.852. The molecule has 0 saturated carbocycles. The van der Waals surface area contributed by atoms with Crippen LogP contribution in [0.25, 0.3) is 0 Å². The number of likely N-dealkylation sites (N-methyl/N-ethyl adjacent to an activating group) is 1. The predicted molar refractivity (Wildman–Crippen MR) is 89.8 cm³/mol. The van der Waals surface area contributed by atoms with Gasteiger partial charge >= 0.3 is 6.18 Å². The van der Waals surface area contributed by atoms with Crippen LogP contribution < -0.4 is 5.32 Å². The Bertz CT molecular complexity index is 563. The molecule has 140 valence electrons. The molecule has 6 nitrogen and oxygen atoms in total. The maximum Gasteiger partial charge on any atom is 0.401 e. The number of rotatable bonds is 9. The second-order valence-electron chi connectivity index (χ2n) is 5.54. The number of anilines is 1. The van der Waals surface area contributed by atoms with Gasteiger partial charge in [0.25, 0.3) is 5.91 Å². The molecule has 0 aliphatic carbocycles. The number of hydrogen-bond donors (Lipinski definition) is 1. The monoisotopic (exact) mass is 359 g/mol. The SMILES string of the molecule is C/C=C(/Nc1ccncn1)C(=O)N(C)CCN(CCC)CC(F)(F)F. The second kappa shape index (κ2) is 9.97. The average molecular weight is 359 g/mol. The molecule has 0 aliphatic rings. The molecular formula is C16H24F3N5O. The third kappa shape index (κ3) is 7.97. The minimum absolute atomic E-state index is 0.153. The zero-order chi connectivity index (χ0) is 18.9. The van der Waals surface area contributed by atoms with Crippen LogP contribution in [0.4, 0.5) is 19.0 Å². The fraction of sp³-hybridized carbons (Fsp3) is 0.562. The van der Waals surface area contributed by atoms with Crippen LogP contribution >= 0.6 is 0 Å². The van der Waals surface area contributed by atoms with Gasteiger partial charge in [-0.15, -0.1) is 0 Å².